The average Bonchev–Trinajstić information content (AvgIpc) is 3.23. The molecule has 3 aromatic rings. The van der Waals surface area contributed by atoms with Gasteiger partial charge in [-0.2, -0.15) is 5.26 Å². The summed E-state index contributed by atoms with van der Waals surface area (Å²) in [5, 5.41) is 10.2. The van der Waals surface area contributed by atoms with E-state index < -0.39 is 0 Å². The number of piperazine rings is 1. The number of carbonyl (C=O) groups excluding carboxylic acids is 1. The highest BCUT2D eigenvalue weighted by Crippen LogP contribution is 2.29. The molecule has 0 atom stereocenters. The molecule has 1 amide bonds. The molecule has 1 fully saturated rings. The SMILES string of the molecule is COc1ccccc1N1CCN(C(=O)c2c(C#N)ccn2-c2ccc(Cl)cc2)CC1. The number of nitrogens with zero attached hydrogens (tertiary/aromatic N) is 4. The third-order valence-corrected chi connectivity index (χ3v) is 5.56. The number of hydrogen-bond donors (Lipinski definition) is 0. The quantitative estimate of drug-likeness (QED) is 0.640. The van der Waals surface area contributed by atoms with Crippen LogP contribution in [-0.4, -0.2) is 48.7 Å². The Labute approximate surface area is 180 Å². The highest BCUT2D eigenvalue weighted by atomic mass is 35.5. The summed E-state index contributed by atoms with van der Waals surface area (Å²) in [6, 6.07) is 18.9. The number of anilines is 1. The zero-order chi connectivity index (χ0) is 21.1. The van der Waals surface area contributed by atoms with Crippen molar-refractivity contribution in [3.05, 3.63) is 77.1 Å². The molecule has 30 heavy (non-hydrogen) atoms. The summed E-state index contributed by atoms with van der Waals surface area (Å²) in [6.07, 6.45) is 1.75. The van der Waals surface area contributed by atoms with E-state index in [9.17, 15) is 10.1 Å². The molecule has 1 saturated heterocycles. The molecule has 7 heteroatoms. The van der Waals surface area contributed by atoms with E-state index in [0.717, 1.165) is 17.1 Å². The summed E-state index contributed by atoms with van der Waals surface area (Å²) in [7, 11) is 1.66. The van der Waals surface area contributed by atoms with E-state index in [2.05, 4.69) is 11.0 Å². The Kier molecular flexibility index (Phi) is 5.64. The van der Waals surface area contributed by atoms with E-state index >= 15 is 0 Å². The Morgan fingerprint density at radius 3 is 2.40 bits per heavy atom. The first-order chi connectivity index (χ1) is 14.6. The first-order valence-corrected chi connectivity index (χ1v) is 10.0. The highest BCUT2D eigenvalue weighted by molar-refractivity contribution is 6.30. The van der Waals surface area contributed by atoms with Gasteiger partial charge >= 0.3 is 0 Å². The van der Waals surface area contributed by atoms with E-state index in [4.69, 9.17) is 16.3 Å². The molecule has 6 nitrogen and oxygen atoms in total. The van der Waals surface area contributed by atoms with Crippen molar-refractivity contribution < 1.29 is 9.53 Å². The van der Waals surface area contributed by atoms with Gasteiger partial charge in [-0.15, -0.1) is 0 Å². The summed E-state index contributed by atoms with van der Waals surface area (Å²) < 4.78 is 7.22. The third-order valence-electron chi connectivity index (χ3n) is 5.31. The largest absolute Gasteiger partial charge is 0.495 e. The van der Waals surface area contributed by atoms with Gasteiger partial charge in [0.2, 0.25) is 0 Å². The molecule has 0 N–H and O–H groups in total. The predicted molar refractivity (Wildman–Crippen MR) is 117 cm³/mol. The summed E-state index contributed by atoms with van der Waals surface area (Å²) in [4.78, 5) is 17.4. The van der Waals surface area contributed by atoms with Gasteiger partial charge in [-0.1, -0.05) is 23.7 Å². The molecule has 0 spiro atoms. The zero-order valence-corrected chi connectivity index (χ0v) is 17.3. The lowest BCUT2D eigenvalue weighted by Crippen LogP contribution is -2.49. The van der Waals surface area contributed by atoms with Gasteiger partial charge in [0.15, 0.2) is 0 Å². The number of benzene rings is 2. The van der Waals surface area contributed by atoms with E-state index in [1.165, 1.54) is 0 Å². The summed E-state index contributed by atoms with van der Waals surface area (Å²) in [6.45, 7) is 2.51. The van der Waals surface area contributed by atoms with Gasteiger partial charge in [0.05, 0.1) is 18.4 Å². The number of nitriles is 1. The van der Waals surface area contributed by atoms with Crippen LogP contribution in [0.1, 0.15) is 16.1 Å². The molecule has 0 bridgehead atoms. The van der Waals surface area contributed by atoms with Crippen LogP contribution in [0.4, 0.5) is 5.69 Å². The van der Waals surface area contributed by atoms with Gasteiger partial charge in [0, 0.05) is 43.1 Å². The number of ether oxygens (including phenoxy) is 1. The van der Waals surface area contributed by atoms with Gasteiger partial charge in [0.25, 0.3) is 5.91 Å². The fourth-order valence-electron chi connectivity index (χ4n) is 3.75. The number of halogens is 1. The number of carbonyl (C=O) groups is 1. The maximum absolute atomic E-state index is 13.4. The van der Waals surface area contributed by atoms with Crippen molar-refractivity contribution in [2.45, 2.75) is 0 Å². The van der Waals surface area contributed by atoms with Crippen LogP contribution in [0.2, 0.25) is 5.02 Å². The number of methoxy groups -OCH3 is 1. The van der Waals surface area contributed by atoms with Gasteiger partial charge in [-0.3, -0.25) is 4.79 Å². The number of aromatic nitrogens is 1. The maximum atomic E-state index is 13.4. The second kappa shape index (κ2) is 8.52. The monoisotopic (exact) mass is 420 g/mol. The molecule has 1 aromatic heterocycles. The minimum atomic E-state index is -0.147. The molecular formula is C23H21ClN4O2. The number of hydrogen-bond acceptors (Lipinski definition) is 4. The number of rotatable bonds is 4. The lowest BCUT2D eigenvalue weighted by molar-refractivity contribution is 0.0738. The second-order valence-electron chi connectivity index (χ2n) is 6.99. The molecule has 4 rings (SSSR count). The first kappa shape index (κ1) is 19.9. The van der Waals surface area contributed by atoms with Gasteiger partial charge < -0.3 is 19.1 Å². The Morgan fingerprint density at radius 1 is 1.03 bits per heavy atom. The Balaban J connectivity index is 1.56. The Hall–Kier alpha value is -3.43. The topological polar surface area (TPSA) is 61.5 Å². The third kappa shape index (κ3) is 3.72. The zero-order valence-electron chi connectivity index (χ0n) is 16.6. The van der Waals surface area contributed by atoms with Crippen molar-refractivity contribution in [2.24, 2.45) is 0 Å². The minimum Gasteiger partial charge on any atom is -0.495 e. The number of para-hydroxylation sites is 2. The molecule has 2 aromatic carbocycles. The predicted octanol–water partition coefficient (Wildman–Crippen LogP) is 3.97. The highest BCUT2D eigenvalue weighted by Gasteiger charge is 2.27. The van der Waals surface area contributed by atoms with Crippen LogP contribution in [0, 0.1) is 11.3 Å². The Bertz CT molecular complexity index is 1090. The molecule has 2 heterocycles. The van der Waals surface area contributed by atoms with Crippen LogP contribution >= 0.6 is 11.6 Å². The lowest BCUT2D eigenvalue weighted by atomic mass is 10.2. The Morgan fingerprint density at radius 2 is 1.73 bits per heavy atom. The van der Waals surface area contributed by atoms with E-state index in [-0.39, 0.29) is 5.91 Å². The lowest BCUT2D eigenvalue weighted by Gasteiger charge is -2.36. The summed E-state index contributed by atoms with van der Waals surface area (Å²) >= 11 is 5.99. The van der Waals surface area contributed by atoms with Crippen molar-refractivity contribution in [2.75, 3.05) is 38.2 Å². The van der Waals surface area contributed by atoms with Crippen LogP contribution in [0.5, 0.6) is 5.75 Å². The summed E-state index contributed by atoms with van der Waals surface area (Å²) in [5.41, 5.74) is 2.55. The standard InChI is InChI=1S/C23H21ClN4O2/c1-30-21-5-3-2-4-20(21)26-12-14-27(15-13-26)23(29)22-17(16-25)10-11-28(22)19-8-6-18(24)7-9-19/h2-11H,12-15H2,1H3. The minimum absolute atomic E-state index is 0.147. The number of amides is 1. The van der Waals surface area contributed by atoms with Crippen LogP contribution in [0.25, 0.3) is 5.69 Å². The van der Waals surface area contributed by atoms with Gasteiger partial charge in [0.1, 0.15) is 17.5 Å². The molecule has 0 aliphatic carbocycles. The van der Waals surface area contributed by atoms with Crippen LogP contribution < -0.4 is 9.64 Å². The fourth-order valence-corrected chi connectivity index (χ4v) is 3.87. The normalized spacial score (nSPS) is 13.8. The van der Waals surface area contributed by atoms with Crippen LogP contribution in [-0.2, 0) is 0 Å². The second-order valence-corrected chi connectivity index (χ2v) is 7.42. The molecule has 152 valence electrons. The van der Waals surface area contributed by atoms with Gasteiger partial charge in [-0.25, -0.2) is 0 Å². The van der Waals surface area contributed by atoms with E-state index in [1.807, 2.05) is 36.4 Å². The van der Waals surface area contributed by atoms with E-state index in [0.29, 0.717) is 42.5 Å². The molecule has 1 aliphatic heterocycles. The average molecular weight is 421 g/mol. The van der Waals surface area contributed by atoms with Crippen molar-refractivity contribution >= 4 is 23.2 Å². The molecule has 0 unspecified atom stereocenters. The van der Waals surface area contributed by atoms with Gasteiger partial charge in [-0.05, 0) is 42.5 Å². The molecule has 1 aliphatic rings. The molecular weight excluding hydrogens is 400 g/mol. The van der Waals surface area contributed by atoms with Crippen LogP contribution in [0.15, 0.2) is 60.8 Å². The smallest absolute Gasteiger partial charge is 0.272 e. The molecule has 0 saturated carbocycles. The van der Waals surface area contributed by atoms with Crippen molar-refractivity contribution in [1.29, 1.82) is 5.26 Å². The molecule has 0 radical (unpaired) electrons. The first-order valence-electron chi connectivity index (χ1n) is 9.67. The fraction of sp³-hybridized carbons (Fsp3) is 0.217. The van der Waals surface area contributed by atoms with Crippen LogP contribution in [0.3, 0.4) is 0 Å². The maximum Gasteiger partial charge on any atom is 0.272 e. The summed E-state index contributed by atoms with van der Waals surface area (Å²) in [5.74, 6) is 0.673. The van der Waals surface area contributed by atoms with Crippen molar-refractivity contribution in [3.8, 4) is 17.5 Å². The van der Waals surface area contributed by atoms with Crippen molar-refractivity contribution in [3.63, 3.8) is 0 Å². The van der Waals surface area contributed by atoms with E-state index in [1.54, 1.807) is 41.0 Å². The van der Waals surface area contributed by atoms with Crippen molar-refractivity contribution in [1.82, 2.24) is 9.47 Å².